The highest BCUT2D eigenvalue weighted by molar-refractivity contribution is 5.71. The van der Waals surface area contributed by atoms with E-state index in [-0.39, 0.29) is 32.2 Å². The minimum atomic E-state index is -1.51. The molecule has 2 unspecified atom stereocenters. The van der Waals surface area contributed by atoms with Crippen LogP contribution in [0.1, 0.15) is 309 Å². The molecule has 0 aromatic carbocycles. The zero-order chi connectivity index (χ0) is 60.5. The van der Waals surface area contributed by atoms with Gasteiger partial charge in [-0.15, -0.1) is 0 Å². The van der Waals surface area contributed by atoms with Gasteiger partial charge in [-0.05, 0) is 83.5 Å². The van der Waals surface area contributed by atoms with Gasteiger partial charge in [0.1, 0.15) is 13.2 Å². The predicted molar refractivity (Wildman–Crippen MR) is 355 cm³/mol. The molecule has 0 bridgehead atoms. The Bertz CT molecular complexity index is 1640. The van der Waals surface area contributed by atoms with Crippen molar-refractivity contribution in [1.82, 2.24) is 0 Å². The molecule has 0 saturated heterocycles. The third-order valence-corrected chi connectivity index (χ3v) is 15.1. The summed E-state index contributed by atoms with van der Waals surface area (Å²) in [7, 11) is 5.97. The van der Waals surface area contributed by atoms with Gasteiger partial charge in [0.05, 0.1) is 34.4 Å². The molecule has 0 aliphatic heterocycles. The lowest BCUT2D eigenvalue weighted by molar-refractivity contribution is -0.870. The number of likely N-dealkylation sites (N-methyl/N-ethyl adjacent to an activating group) is 1. The van der Waals surface area contributed by atoms with Crippen LogP contribution in [-0.2, 0) is 33.3 Å². The van der Waals surface area contributed by atoms with E-state index in [1.165, 1.54) is 186 Å². The van der Waals surface area contributed by atoms with E-state index in [1.54, 1.807) is 0 Å². The van der Waals surface area contributed by atoms with Crippen molar-refractivity contribution in [3.63, 3.8) is 0 Å². The number of quaternary nitrogens is 1. The fourth-order valence-corrected chi connectivity index (χ4v) is 9.91. The number of carboxylic acids is 1. The lowest BCUT2D eigenvalue weighted by Crippen LogP contribution is -2.40. The molecule has 0 rings (SSSR count). The second kappa shape index (κ2) is 64.5. The number of hydrogen-bond donors (Lipinski definition) is 1. The molecular formula is C74H132NO8+. The van der Waals surface area contributed by atoms with E-state index in [4.69, 9.17) is 18.9 Å². The summed E-state index contributed by atoms with van der Waals surface area (Å²) in [6, 6.07) is 0. The molecule has 9 nitrogen and oxygen atoms in total. The monoisotopic (exact) mass is 1160 g/mol. The summed E-state index contributed by atoms with van der Waals surface area (Å²) in [6.45, 7) is 4.67. The summed E-state index contributed by atoms with van der Waals surface area (Å²) in [5, 5.41) is 9.73. The van der Waals surface area contributed by atoms with Crippen LogP contribution >= 0.6 is 0 Å². The maximum atomic E-state index is 12.9. The Kier molecular flexibility index (Phi) is 61.7. The number of allylic oxidation sites excluding steroid dienone is 14. The van der Waals surface area contributed by atoms with Crippen molar-refractivity contribution in [3.8, 4) is 0 Å². The van der Waals surface area contributed by atoms with Gasteiger partial charge >= 0.3 is 17.9 Å². The lowest BCUT2D eigenvalue weighted by Gasteiger charge is -2.25. The molecule has 0 heterocycles. The molecule has 480 valence electrons. The Morgan fingerprint density at radius 3 is 0.964 bits per heavy atom. The Hall–Kier alpha value is -3.53. The van der Waals surface area contributed by atoms with Gasteiger partial charge in [-0.1, -0.05) is 298 Å². The fourth-order valence-electron chi connectivity index (χ4n) is 9.91. The number of carboxylic acid groups (broad SMARTS) is 1. The van der Waals surface area contributed by atoms with Crippen molar-refractivity contribution in [2.45, 2.75) is 322 Å². The highest BCUT2D eigenvalue weighted by atomic mass is 16.7. The van der Waals surface area contributed by atoms with Crippen LogP contribution in [0.3, 0.4) is 0 Å². The number of carbonyl (C=O) groups is 3. The zero-order valence-electron chi connectivity index (χ0n) is 54.8. The SMILES string of the molecule is CC/C=C\C/C=C\C/C=C\C/C=C\CCCCCCCCCCCCCCCCCCCCCCCCCCCCCCC(=O)OC(COC(=O)CCCCCCCCC/C=C\C/C=C\C/C=C\CC)COC(OCC[N+](C)(C)C)C(=O)O. The standard InChI is InChI=1S/C74H131NO8/c1-6-8-10-12-14-16-18-20-22-24-25-26-27-28-29-30-31-32-33-34-35-36-37-38-39-40-41-42-43-44-45-46-47-49-51-53-55-57-59-61-63-65-72(77)83-70(69-82-74(73(78)79)80-67-66-75(3,4)5)68-81-71(76)64-62-60-58-56-54-52-50-48-23-21-19-17-15-13-11-9-7-2/h8-11,14-17,20-23,25-26,70,74H,6-7,12-13,18-19,24,27-69H2,1-5H3/p+1/b10-8-,11-9-,16-14-,17-15-,22-20-,23-21-,26-25-. The van der Waals surface area contributed by atoms with Crippen LogP contribution < -0.4 is 0 Å². The number of esters is 2. The van der Waals surface area contributed by atoms with Crippen LogP contribution in [0.25, 0.3) is 0 Å². The third-order valence-electron chi connectivity index (χ3n) is 15.1. The van der Waals surface area contributed by atoms with Crippen LogP contribution in [0.4, 0.5) is 0 Å². The minimum Gasteiger partial charge on any atom is -0.477 e. The predicted octanol–water partition coefficient (Wildman–Crippen LogP) is 21.5. The number of rotatable bonds is 64. The molecule has 0 spiro atoms. The molecule has 0 amide bonds. The minimum absolute atomic E-state index is 0.185. The van der Waals surface area contributed by atoms with Gasteiger partial charge in [-0.3, -0.25) is 9.59 Å². The molecule has 2 atom stereocenters. The average molecular weight is 1160 g/mol. The highest BCUT2D eigenvalue weighted by Gasteiger charge is 2.25. The number of carbonyl (C=O) groups excluding carboxylic acids is 2. The van der Waals surface area contributed by atoms with Gasteiger partial charge in [-0.25, -0.2) is 4.79 Å². The summed E-state index contributed by atoms with van der Waals surface area (Å²) in [5.41, 5.74) is 0. The quantitative estimate of drug-likeness (QED) is 0.0211. The summed E-state index contributed by atoms with van der Waals surface area (Å²) in [4.78, 5) is 37.5. The van der Waals surface area contributed by atoms with Gasteiger partial charge in [-0.2, -0.15) is 0 Å². The van der Waals surface area contributed by atoms with Crippen molar-refractivity contribution in [2.75, 3.05) is 47.5 Å². The lowest BCUT2D eigenvalue weighted by atomic mass is 10.0. The van der Waals surface area contributed by atoms with E-state index in [2.05, 4.69) is 98.9 Å². The highest BCUT2D eigenvalue weighted by Crippen LogP contribution is 2.18. The molecule has 0 radical (unpaired) electrons. The number of unbranched alkanes of at least 4 members (excludes halogenated alkanes) is 35. The number of aliphatic carboxylic acids is 1. The van der Waals surface area contributed by atoms with E-state index < -0.39 is 24.3 Å². The first-order valence-electron chi connectivity index (χ1n) is 34.8. The van der Waals surface area contributed by atoms with E-state index >= 15 is 0 Å². The zero-order valence-corrected chi connectivity index (χ0v) is 54.8. The van der Waals surface area contributed by atoms with Gasteiger partial charge in [0.25, 0.3) is 6.29 Å². The summed E-state index contributed by atoms with van der Waals surface area (Å²) in [6.07, 6.45) is 84.4. The number of hydrogen-bond acceptors (Lipinski definition) is 7. The van der Waals surface area contributed by atoms with E-state index in [9.17, 15) is 19.5 Å². The summed E-state index contributed by atoms with van der Waals surface area (Å²) < 4.78 is 22.9. The van der Waals surface area contributed by atoms with Crippen molar-refractivity contribution < 1.29 is 42.9 Å². The first-order chi connectivity index (χ1) is 40.6. The van der Waals surface area contributed by atoms with Crippen LogP contribution in [0.15, 0.2) is 85.1 Å². The maximum Gasteiger partial charge on any atom is 0.361 e. The maximum absolute atomic E-state index is 12.9. The molecule has 0 aromatic rings. The Balaban J connectivity index is 3.94. The normalized spacial score (nSPS) is 13.2. The van der Waals surface area contributed by atoms with E-state index in [1.807, 2.05) is 21.1 Å². The van der Waals surface area contributed by atoms with E-state index in [0.29, 0.717) is 17.4 Å². The number of ether oxygens (including phenoxy) is 4. The average Bonchev–Trinajstić information content (AvgIpc) is 3.46. The van der Waals surface area contributed by atoms with Crippen LogP contribution in [-0.4, -0.2) is 87.4 Å². The van der Waals surface area contributed by atoms with Crippen LogP contribution in [0.2, 0.25) is 0 Å². The van der Waals surface area contributed by atoms with Crippen molar-refractivity contribution in [2.24, 2.45) is 0 Å². The smallest absolute Gasteiger partial charge is 0.361 e. The molecule has 1 N–H and O–H groups in total. The fraction of sp³-hybridized carbons (Fsp3) is 0.770. The van der Waals surface area contributed by atoms with Crippen LogP contribution in [0.5, 0.6) is 0 Å². The Morgan fingerprint density at radius 1 is 0.361 bits per heavy atom. The molecule has 0 aliphatic carbocycles. The topological polar surface area (TPSA) is 108 Å². The molecule has 0 fully saturated rings. The summed E-state index contributed by atoms with van der Waals surface area (Å²) >= 11 is 0. The molecule has 0 aliphatic rings. The molecule has 83 heavy (non-hydrogen) atoms. The van der Waals surface area contributed by atoms with Gasteiger partial charge in [0.15, 0.2) is 6.10 Å². The van der Waals surface area contributed by atoms with Crippen LogP contribution in [0, 0.1) is 0 Å². The van der Waals surface area contributed by atoms with E-state index in [0.717, 1.165) is 96.3 Å². The summed E-state index contributed by atoms with van der Waals surface area (Å²) in [5.74, 6) is -2.01. The molecule has 9 heteroatoms. The number of nitrogens with zero attached hydrogens (tertiary/aromatic N) is 1. The van der Waals surface area contributed by atoms with Gasteiger partial charge < -0.3 is 28.5 Å². The second-order valence-corrected chi connectivity index (χ2v) is 24.4. The first kappa shape index (κ1) is 79.5. The van der Waals surface area contributed by atoms with Gasteiger partial charge in [0, 0.05) is 12.8 Å². The van der Waals surface area contributed by atoms with Gasteiger partial charge in [0.2, 0.25) is 0 Å². The van der Waals surface area contributed by atoms with Crippen molar-refractivity contribution >= 4 is 17.9 Å². The Labute approximate surface area is 512 Å². The van der Waals surface area contributed by atoms with Crippen molar-refractivity contribution in [3.05, 3.63) is 85.1 Å². The molecule has 0 aromatic heterocycles. The third kappa shape index (κ3) is 65.9. The largest absolute Gasteiger partial charge is 0.477 e. The molecule has 0 saturated carbocycles. The molecular weight excluding hydrogens is 1030 g/mol. The Morgan fingerprint density at radius 2 is 0.651 bits per heavy atom. The first-order valence-corrected chi connectivity index (χ1v) is 34.8. The second-order valence-electron chi connectivity index (χ2n) is 24.4. The van der Waals surface area contributed by atoms with Crippen molar-refractivity contribution in [1.29, 1.82) is 0 Å².